The fourth-order valence-electron chi connectivity index (χ4n) is 1.70. The van der Waals surface area contributed by atoms with Gasteiger partial charge in [0.25, 0.3) is 0 Å². The molecule has 0 spiro atoms. The summed E-state index contributed by atoms with van der Waals surface area (Å²) >= 11 is 11.8. The lowest BCUT2D eigenvalue weighted by molar-refractivity contribution is 0.0927. The highest BCUT2D eigenvalue weighted by Gasteiger charge is 2.14. The van der Waals surface area contributed by atoms with Crippen molar-refractivity contribution >= 4 is 34.8 Å². The smallest absolute Gasteiger partial charge is 0.307 e. The quantitative estimate of drug-likeness (QED) is 0.662. The number of hydrogen-bond acceptors (Lipinski definition) is 4. The summed E-state index contributed by atoms with van der Waals surface area (Å²) in [5.41, 5.74) is 3.17. The van der Waals surface area contributed by atoms with Gasteiger partial charge in [-0.2, -0.15) is 5.10 Å². The van der Waals surface area contributed by atoms with E-state index >= 15 is 0 Å². The molecule has 110 valence electrons. The van der Waals surface area contributed by atoms with Gasteiger partial charge in [0.1, 0.15) is 5.75 Å². The lowest BCUT2D eigenvalue weighted by Crippen LogP contribution is -2.19. The van der Waals surface area contributed by atoms with E-state index in [1.54, 1.807) is 6.07 Å². The van der Waals surface area contributed by atoms with E-state index in [4.69, 9.17) is 27.6 Å². The highest BCUT2D eigenvalue weighted by atomic mass is 35.5. The van der Waals surface area contributed by atoms with Gasteiger partial charge in [-0.15, -0.1) is 0 Å². The second kappa shape index (κ2) is 6.65. The minimum absolute atomic E-state index is 0.121. The normalized spacial score (nSPS) is 11.5. The van der Waals surface area contributed by atoms with Crippen molar-refractivity contribution in [3.63, 3.8) is 0 Å². The lowest BCUT2D eigenvalue weighted by atomic mass is 10.1. The Morgan fingerprint density at radius 2 is 2.19 bits per heavy atom. The number of nitrogens with one attached hydrogen (secondary N) is 1. The summed E-state index contributed by atoms with van der Waals surface area (Å²) in [5, 5.41) is 14.4. The zero-order valence-corrected chi connectivity index (χ0v) is 12.6. The van der Waals surface area contributed by atoms with Crippen LogP contribution in [0.4, 0.5) is 0 Å². The summed E-state index contributed by atoms with van der Waals surface area (Å²) in [5.74, 6) is -0.477. The Balaban J connectivity index is 2.27. The Bertz CT molecular complexity index is 682. The van der Waals surface area contributed by atoms with Crippen LogP contribution < -0.4 is 5.43 Å². The van der Waals surface area contributed by atoms with E-state index in [-0.39, 0.29) is 16.5 Å². The minimum atomic E-state index is -0.487. The molecule has 0 aliphatic rings. The first kappa shape index (κ1) is 15.4. The van der Waals surface area contributed by atoms with Gasteiger partial charge in [-0.1, -0.05) is 30.1 Å². The molecule has 0 saturated heterocycles. The number of benzene rings is 1. The predicted octanol–water partition coefficient (Wildman–Crippen LogP) is 3.84. The van der Waals surface area contributed by atoms with E-state index in [0.717, 1.165) is 0 Å². The van der Waals surface area contributed by atoms with Crippen LogP contribution in [0.15, 0.2) is 40.0 Å². The van der Waals surface area contributed by atoms with Gasteiger partial charge < -0.3 is 9.52 Å². The molecule has 1 aromatic heterocycles. The molecule has 0 unspecified atom stereocenters. The minimum Gasteiger partial charge on any atom is -0.506 e. The predicted molar refractivity (Wildman–Crippen MR) is 81.1 cm³/mol. The van der Waals surface area contributed by atoms with E-state index < -0.39 is 5.91 Å². The Hall–Kier alpha value is -1.98. The van der Waals surface area contributed by atoms with Crippen molar-refractivity contribution in [3.8, 4) is 5.75 Å². The monoisotopic (exact) mass is 326 g/mol. The van der Waals surface area contributed by atoms with E-state index in [0.29, 0.717) is 22.7 Å². The molecular formula is C14H12Cl2N2O3. The standard InChI is InChI=1S/C14H12Cl2N2O3/c1-2-11(9-6-8(15)7-10(16)13(9)19)17-18-14(20)12-4-3-5-21-12/h3-7,19H,2H2,1H3,(H,18,20)/b17-11+. The molecule has 0 aliphatic heterocycles. The van der Waals surface area contributed by atoms with Gasteiger partial charge in [0.2, 0.25) is 0 Å². The van der Waals surface area contributed by atoms with Crippen LogP contribution in [0, 0.1) is 0 Å². The van der Waals surface area contributed by atoms with Gasteiger partial charge in [0.15, 0.2) is 5.76 Å². The second-order valence-corrected chi connectivity index (χ2v) is 4.96. The summed E-state index contributed by atoms with van der Waals surface area (Å²) in [7, 11) is 0. The largest absolute Gasteiger partial charge is 0.506 e. The molecule has 0 aliphatic carbocycles. The molecule has 1 amide bonds. The number of aromatic hydroxyl groups is 1. The molecule has 2 N–H and O–H groups in total. The molecule has 5 nitrogen and oxygen atoms in total. The van der Waals surface area contributed by atoms with Crippen LogP contribution in [0.5, 0.6) is 5.75 Å². The number of hydrazone groups is 1. The molecule has 2 aromatic rings. The first-order valence-electron chi connectivity index (χ1n) is 6.11. The van der Waals surface area contributed by atoms with Gasteiger partial charge in [0, 0.05) is 10.6 Å². The number of halogens is 2. The maximum atomic E-state index is 11.7. The fraction of sp³-hybridized carbons (Fsp3) is 0.143. The van der Waals surface area contributed by atoms with Gasteiger partial charge in [-0.25, -0.2) is 5.43 Å². The highest BCUT2D eigenvalue weighted by molar-refractivity contribution is 6.36. The Kier molecular flexibility index (Phi) is 4.88. The Morgan fingerprint density at radius 1 is 1.43 bits per heavy atom. The van der Waals surface area contributed by atoms with Crippen LogP contribution >= 0.6 is 23.2 Å². The van der Waals surface area contributed by atoms with Gasteiger partial charge in [-0.05, 0) is 30.7 Å². The van der Waals surface area contributed by atoms with Crippen LogP contribution in [0.1, 0.15) is 29.5 Å². The first-order chi connectivity index (χ1) is 10.0. The topological polar surface area (TPSA) is 74.8 Å². The van der Waals surface area contributed by atoms with Crippen molar-refractivity contribution < 1.29 is 14.3 Å². The van der Waals surface area contributed by atoms with Crippen molar-refractivity contribution in [1.82, 2.24) is 5.43 Å². The van der Waals surface area contributed by atoms with E-state index in [9.17, 15) is 9.90 Å². The van der Waals surface area contributed by atoms with E-state index in [2.05, 4.69) is 10.5 Å². The van der Waals surface area contributed by atoms with Crippen LogP contribution in [-0.2, 0) is 0 Å². The van der Waals surface area contributed by atoms with Gasteiger partial charge in [0.05, 0.1) is 17.0 Å². The summed E-state index contributed by atoms with van der Waals surface area (Å²) < 4.78 is 4.96. The summed E-state index contributed by atoms with van der Waals surface area (Å²) in [4.78, 5) is 11.7. The maximum Gasteiger partial charge on any atom is 0.307 e. The molecule has 7 heteroatoms. The molecule has 1 aromatic carbocycles. The van der Waals surface area contributed by atoms with Crippen LogP contribution in [0.3, 0.4) is 0 Å². The average Bonchev–Trinajstić information content (AvgIpc) is 2.98. The van der Waals surface area contributed by atoms with Crippen molar-refractivity contribution in [2.75, 3.05) is 0 Å². The summed E-state index contributed by atoms with van der Waals surface area (Å²) in [6, 6.07) is 6.08. The van der Waals surface area contributed by atoms with Crippen LogP contribution in [0.25, 0.3) is 0 Å². The molecule has 2 rings (SSSR count). The number of rotatable bonds is 4. The number of phenolic OH excluding ortho intramolecular Hbond substituents is 1. The second-order valence-electron chi connectivity index (χ2n) is 4.11. The number of phenols is 1. The number of nitrogens with zero attached hydrogens (tertiary/aromatic N) is 1. The third-order valence-electron chi connectivity index (χ3n) is 2.71. The Morgan fingerprint density at radius 3 is 2.81 bits per heavy atom. The van der Waals surface area contributed by atoms with Crippen molar-refractivity contribution in [1.29, 1.82) is 0 Å². The number of carbonyl (C=O) groups excluding carboxylic acids is 1. The van der Waals surface area contributed by atoms with Crippen molar-refractivity contribution in [3.05, 3.63) is 51.9 Å². The molecule has 0 fully saturated rings. The summed E-state index contributed by atoms with van der Waals surface area (Å²) in [6.45, 7) is 1.83. The third kappa shape index (κ3) is 3.56. The zero-order chi connectivity index (χ0) is 15.4. The first-order valence-corrected chi connectivity index (χ1v) is 6.87. The molecule has 21 heavy (non-hydrogen) atoms. The molecule has 0 atom stereocenters. The third-order valence-corrected chi connectivity index (χ3v) is 3.22. The number of furan rings is 1. The van der Waals surface area contributed by atoms with E-state index in [1.807, 2.05) is 6.92 Å². The van der Waals surface area contributed by atoms with Crippen molar-refractivity contribution in [2.45, 2.75) is 13.3 Å². The lowest BCUT2D eigenvalue weighted by Gasteiger charge is -2.09. The van der Waals surface area contributed by atoms with Crippen molar-refractivity contribution in [2.24, 2.45) is 5.10 Å². The molecule has 0 radical (unpaired) electrons. The molecule has 0 saturated carbocycles. The highest BCUT2D eigenvalue weighted by Crippen LogP contribution is 2.32. The van der Waals surface area contributed by atoms with Crippen LogP contribution in [0.2, 0.25) is 10.0 Å². The van der Waals surface area contributed by atoms with Crippen LogP contribution in [-0.4, -0.2) is 16.7 Å². The number of carbonyl (C=O) groups is 1. The Labute approximate surface area is 131 Å². The zero-order valence-electron chi connectivity index (χ0n) is 11.1. The van der Waals surface area contributed by atoms with Gasteiger partial charge in [-0.3, -0.25) is 4.79 Å². The average molecular weight is 327 g/mol. The van der Waals surface area contributed by atoms with E-state index in [1.165, 1.54) is 24.5 Å². The SMILES string of the molecule is CC/C(=N\NC(=O)c1ccco1)c1cc(Cl)cc(Cl)c1O. The van der Waals surface area contributed by atoms with Gasteiger partial charge >= 0.3 is 5.91 Å². The number of hydrogen-bond donors (Lipinski definition) is 2. The fourth-order valence-corrected chi connectivity index (χ4v) is 2.19. The molecule has 0 bridgehead atoms. The molecule has 1 heterocycles. The number of amides is 1. The summed E-state index contributed by atoms with van der Waals surface area (Å²) in [6.07, 6.45) is 1.85. The molecular weight excluding hydrogens is 315 g/mol. The maximum absolute atomic E-state index is 11.7.